The number of oxazole rings is 1. The Kier molecular flexibility index (Phi) is 4.79. The highest BCUT2D eigenvalue weighted by Gasteiger charge is 2.07. The van der Waals surface area contributed by atoms with Gasteiger partial charge in [-0.2, -0.15) is 0 Å². The van der Waals surface area contributed by atoms with Crippen LogP contribution in [0.3, 0.4) is 0 Å². The van der Waals surface area contributed by atoms with Gasteiger partial charge in [0.05, 0.1) is 12.2 Å². The van der Waals surface area contributed by atoms with Crippen molar-refractivity contribution in [3.63, 3.8) is 0 Å². The van der Waals surface area contributed by atoms with Gasteiger partial charge in [0.15, 0.2) is 0 Å². The fourth-order valence-corrected chi connectivity index (χ4v) is 2.04. The van der Waals surface area contributed by atoms with Gasteiger partial charge in [-0.1, -0.05) is 23.7 Å². The van der Waals surface area contributed by atoms with Crippen LogP contribution in [0.2, 0.25) is 5.02 Å². The second kappa shape index (κ2) is 6.57. The molecule has 0 saturated heterocycles. The molecule has 0 atom stereocenters. The summed E-state index contributed by atoms with van der Waals surface area (Å²) in [4.78, 5) is 16.0. The molecule has 0 bridgehead atoms. The van der Waals surface area contributed by atoms with Gasteiger partial charge in [0.1, 0.15) is 5.76 Å². The molecule has 0 aliphatic rings. The van der Waals surface area contributed by atoms with Gasteiger partial charge in [0.25, 0.3) is 0 Å². The van der Waals surface area contributed by atoms with Crippen molar-refractivity contribution in [3.8, 4) is 0 Å². The zero-order chi connectivity index (χ0) is 14.5. The van der Waals surface area contributed by atoms with Crippen LogP contribution in [0.15, 0.2) is 28.7 Å². The van der Waals surface area contributed by atoms with Crippen molar-refractivity contribution >= 4 is 17.5 Å². The first-order chi connectivity index (χ1) is 9.54. The molecule has 1 heterocycles. The lowest BCUT2D eigenvalue weighted by molar-refractivity contribution is -0.121. The van der Waals surface area contributed by atoms with Crippen molar-refractivity contribution in [2.75, 3.05) is 0 Å². The van der Waals surface area contributed by atoms with E-state index in [1.165, 1.54) is 0 Å². The lowest BCUT2D eigenvalue weighted by atomic mass is 10.1. The first kappa shape index (κ1) is 14.6. The maximum absolute atomic E-state index is 11.8. The van der Waals surface area contributed by atoms with Crippen LogP contribution in [-0.4, -0.2) is 10.9 Å². The highest BCUT2D eigenvalue weighted by Crippen LogP contribution is 2.12. The smallest absolute Gasteiger partial charge is 0.220 e. The van der Waals surface area contributed by atoms with E-state index in [-0.39, 0.29) is 5.91 Å². The molecular weight excluding hydrogens is 276 g/mol. The minimum Gasteiger partial charge on any atom is -0.444 e. The van der Waals surface area contributed by atoms with Crippen molar-refractivity contribution < 1.29 is 9.21 Å². The van der Waals surface area contributed by atoms with Gasteiger partial charge in [-0.25, -0.2) is 4.98 Å². The number of hydrogen-bond donors (Lipinski definition) is 1. The SMILES string of the molecule is Cc1nc(CNC(=O)CCc2cccc(Cl)c2)oc1C. The predicted octanol–water partition coefficient (Wildman–Crippen LogP) is 3.19. The Bertz CT molecular complexity index is 588. The monoisotopic (exact) mass is 292 g/mol. The molecule has 2 aromatic rings. The second-order valence-electron chi connectivity index (χ2n) is 4.66. The Morgan fingerprint density at radius 1 is 1.40 bits per heavy atom. The van der Waals surface area contributed by atoms with E-state index in [1.54, 1.807) is 0 Å². The number of nitrogens with zero attached hydrogens (tertiary/aromatic N) is 1. The summed E-state index contributed by atoms with van der Waals surface area (Å²) >= 11 is 5.90. The summed E-state index contributed by atoms with van der Waals surface area (Å²) in [5.74, 6) is 1.29. The molecule has 0 aliphatic carbocycles. The highest BCUT2D eigenvalue weighted by atomic mass is 35.5. The molecular formula is C15H17ClN2O2. The molecule has 1 amide bonds. The van der Waals surface area contributed by atoms with Crippen LogP contribution >= 0.6 is 11.6 Å². The normalized spacial score (nSPS) is 10.6. The van der Waals surface area contributed by atoms with E-state index in [2.05, 4.69) is 10.3 Å². The number of benzene rings is 1. The lowest BCUT2D eigenvalue weighted by Crippen LogP contribution is -2.23. The topological polar surface area (TPSA) is 55.1 Å². The van der Waals surface area contributed by atoms with E-state index in [9.17, 15) is 4.79 Å². The molecule has 1 N–H and O–H groups in total. The third-order valence-corrected chi connectivity index (χ3v) is 3.27. The standard InChI is InChI=1S/C15H17ClN2O2/c1-10-11(2)20-15(18-10)9-17-14(19)7-6-12-4-3-5-13(16)8-12/h3-5,8H,6-7,9H2,1-2H3,(H,17,19). The van der Waals surface area contributed by atoms with Crippen LogP contribution in [0.25, 0.3) is 0 Å². The number of amides is 1. The maximum atomic E-state index is 11.8. The number of rotatable bonds is 5. The number of halogens is 1. The summed E-state index contributed by atoms with van der Waals surface area (Å²) in [5.41, 5.74) is 1.91. The van der Waals surface area contributed by atoms with Crippen LogP contribution in [-0.2, 0) is 17.8 Å². The molecule has 0 saturated carbocycles. The van der Waals surface area contributed by atoms with E-state index < -0.39 is 0 Å². The minimum atomic E-state index is -0.0292. The highest BCUT2D eigenvalue weighted by molar-refractivity contribution is 6.30. The van der Waals surface area contributed by atoms with Crippen molar-refractivity contribution in [2.24, 2.45) is 0 Å². The van der Waals surface area contributed by atoms with Gasteiger partial charge in [0.2, 0.25) is 11.8 Å². The van der Waals surface area contributed by atoms with Crippen LogP contribution in [0, 0.1) is 13.8 Å². The Labute approximate surface area is 123 Å². The molecule has 0 unspecified atom stereocenters. The summed E-state index contributed by atoms with van der Waals surface area (Å²) in [6.07, 6.45) is 1.08. The van der Waals surface area contributed by atoms with Gasteiger partial charge >= 0.3 is 0 Å². The molecule has 1 aromatic heterocycles. The third-order valence-electron chi connectivity index (χ3n) is 3.04. The van der Waals surface area contributed by atoms with Crippen LogP contribution < -0.4 is 5.32 Å². The average molecular weight is 293 g/mol. The largest absolute Gasteiger partial charge is 0.444 e. The maximum Gasteiger partial charge on any atom is 0.220 e. The number of hydrogen-bond acceptors (Lipinski definition) is 3. The van der Waals surface area contributed by atoms with E-state index in [0.29, 0.717) is 30.3 Å². The number of aryl methyl sites for hydroxylation is 3. The van der Waals surface area contributed by atoms with Crippen molar-refractivity contribution in [3.05, 3.63) is 52.2 Å². The van der Waals surface area contributed by atoms with Crippen LogP contribution in [0.1, 0.15) is 29.3 Å². The molecule has 0 aliphatic heterocycles. The minimum absolute atomic E-state index is 0.0292. The zero-order valence-electron chi connectivity index (χ0n) is 11.6. The molecule has 0 fully saturated rings. The summed E-state index contributed by atoms with van der Waals surface area (Å²) in [6, 6.07) is 7.53. The Hall–Kier alpha value is -1.81. The lowest BCUT2D eigenvalue weighted by Gasteiger charge is -2.03. The first-order valence-corrected chi connectivity index (χ1v) is 6.86. The van der Waals surface area contributed by atoms with Gasteiger partial charge in [-0.15, -0.1) is 0 Å². The Morgan fingerprint density at radius 3 is 2.85 bits per heavy atom. The summed E-state index contributed by atoms with van der Waals surface area (Å²) in [6.45, 7) is 4.05. The molecule has 4 nitrogen and oxygen atoms in total. The molecule has 0 spiro atoms. The van der Waals surface area contributed by atoms with Gasteiger partial charge < -0.3 is 9.73 Å². The van der Waals surface area contributed by atoms with Gasteiger partial charge in [-0.3, -0.25) is 4.79 Å². The zero-order valence-corrected chi connectivity index (χ0v) is 12.3. The summed E-state index contributed by atoms with van der Waals surface area (Å²) in [7, 11) is 0. The number of nitrogens with one attached hydrogen (secondary N) is 1. The summed E-state index contributed by atoms with van der Waals surface area (Å²) in [5, 5.41) is 3.48. The van der Waals surface area contributed by atoms with Crippen molar-refractivity contribution in [1.29, 1.82) is 0 Å². The van der Waals surface area contributed by atoms with E-state index in [1.807, 2.05) is 38.1 Å². The molecule has 1 aromatic carbocycles. The quantitative estimate of drug-likeness (QED) is 0.921. The Balaban J connectivity index is 1.78. The fourth-order valence-electron chi connectivity index (χ4n) is 1.83. The van der Waals surface area contributed by atoms with Crippen LogP contribution in [0.5, 0.6) is 0 Å². The summed E-state index contributed by atoms with van der Waals surface area (Å²) < 4.78 is 5.40. The predicted molar refractivity (Wildman–Crippen MR) is 77.6 cm³/mol. The number of carbonyl (C=O) groups is 1. The average Bonchev–Trinajstić information content (AvgIpc) is 2.73. The number of aromatic nitrogens is 1. The van der Waals surface area contributed by atoms with E-state index in [0.717, 1.165) is 17.0 Å². The van der Waals surface area contributed by atoms with Crippen molar-refractivity contribution in [1.82, 2.24) is 10.3 Å². The Morgan fingerprint density at radius 2 is 2.20 bits per heavy atom. The molecule has 20 heavy (non-hydrogen) atoms. The molecule has 5 heteroatoms. The first-order valence-electron chi connectivity index (χ1n) is 6.48. The van der Waals surface area contributed by atoms with E-state index >= 15 is 0 Å². The molecule has 2 rings (SSSR count). The third kappa shape index (κ3) is 4.10. The van der Waals surface area contributed by atoms with E-state index in [4.69, 9.17) is 16.0 Å². The number of carbonyl (C=O) groups excluding carboxylic acids is 1. The fraction of sp³-hybridized carbons (Fsp3) is 0.333. The van der Waals surface area contributed by atoms with Gasteiger partial charge in [-0.05, 0) is 38.0 Å². The van der Waals surface area contributed by atoms with Crippen LogP contribution in [0.4, 0.5) is 0 Å². The molecule has 0 radical (unpaired) electrons. The van der Waals surface area contributed by atoms with Crippen molar-refractivity contribution in [2.45, 2.75) is 33.2 Å². The van der Waals surface area contributed by atoms with Gasteiger partial charge in [0, 0.05) is 11.4 Å². The molecule has 106 valence electrons. The second-order valence-corrected chi connectivity index (χ2v) is 5.09.